The van der Waals surface area contributed by atoms with Gasteiger partial charge in [0.05, 0.1) is 0 Å². The van der Waals surface area contributed by atoms with Gasteiger partial charge in [0.25, 0.3) is 0 Å². The summed E-state index contributed by atoms with van der Waals surface area (Å²) in [6, 6.07) is 2.00. The molecule has 108 valence electrons. The van der Waals surface area contributed by atoms with Gasteiger partial charge in [-0.3, -0.25) is 4.79 Å². The van der Waals surface area contributed by atoms with E-state index in [1.807, 2.05) is 16.8 Å². The molecule has 4 aliphatic carbocycles. The minimum absolute atomic E-state index is 0.321. The Hall–Kier alpha value is -0.630. The predicted molar refractivity (Wildman–Crippen MR) is 83.1 cm³/mol. The van der Waals surface area contributed by atoms with Crippen LogP contribution in [0.2, 0.25) is 0 Å². The second-order valence-corrected chi connectivity index (χ2v) is 9.52. The third-order valence-electron chi connectivity index (χ3n) is 6.12. The molecular formula is C18H24OS. The van der Waals surface area contributed by atoms with Gasteiger partial charge < -0.3 is 0 Å². The minimum atomic E-state index is 0.321. The first kappa shape index (κ1) is 13.1. The van der Waals surface area contributed by atoms with Crippen LogP contribution in [0.1, 0.15) is 69.2 Å². The van der Waals surface area contributed by atoms with Gasteiger partial charge in [-0.2, -0.15) is 11.3 Å². The van der Waals surface area contributed by atoms with Crippen molar-refractivity contribution in [3.63, 3.8) is 0 Å². The van der Waals surface area contributed by atoms with Gasteiger partial charge in [-0.15, -0.1) is 0 Å². The van der Waals surface area contributed by atoms with Crippen molar-refractivity contribution in [3.05, 3.63) is 22.4 Å². The van der Waals surface area contributed by atoms with Gasteiger partial charge in [0.1, 0.15) is 0 Å². The van der Waals surface area contributed by atoms with Crippen LogP contribution in [0.4, 0.5) is 0 Å². The SMILES string of the molecule is CC12CC3CC(C)(C1)CC(CC(=O)c1ccsc1)(C3)C2. The average Bonchev–Trinajstić information content (AvgIpc) is 2.75. The van der Waals surface area contributed by atoms with E-state index in [2.05, 4.69) is 13.8 Å². The highest BCUT2D eigenvalue weighted by atomic mass is 32.1. The smallest absolute Gasteiger partial charge is 0.164 e. The molecule has 0 saturated heterocycles. The summed E-state index contributed by atoms with van der Waals surface area (Å²) in [6.45, 7) is 4.97. The summed E-state index contributed by atoms with van der Waals surface area (Å²) in [6.07, 6.45) is 8.92. The Kier molecular flexibility index (Phi) is 2.59. The summed E-state index contributed by atoms with van der Waals surface area (Å²) in [5, 5.41) is 4.04. The zero-order chi connectivity index (χ0) is 14.0. The fourth-order valence-electron chi connectivity index (χ4n) is 6.75. The quantitative estimate of drug-likeness (QED) is 0.688. The molecule has 1 heterocycles. The summed E-state index contributed by atoms with van der Waals surface area (Å²) in [5.74, 6) is 1.27. The lowest BCUT2D eigenvalue weighted by atomic mass is 9.39. The molecule has 2 atom stereocenters. The molecule has 0 spiro atoms. The van der Waals surface area contributed by atoms with Crippen LogP contribution < -0.4 is 0 Å². The molecule has 0 N–H and O–H groups in total. The van der Waals surface area contributed by atoms with Crippen LogP contribution in [0.25, 0.3) is 0 Å². The summed E-state index contributed by atoms with van der Waals surface area (Å²) in [4.78, 5) is 12.6. The van der Waals surface area contributed by atoms with Crippen LogP contribution in [0.5, 0.6) is 0 Å². The van der Waals surface area contributed by atoms with Gasteiger partial charge in [-0.1, -0.05) is 13.8 Å². The molecule has 1 nitrogen and oxygen atoms in total. The molecule has 0 radical (unpaired) electrons. The Labute approximate surface area is 125 Å². The first-order chi connectivity index (χ1) is 9.40. The molecule has 5 rings (SSSR count). The molecule has 4 saturated carbocycles. The third-order valence-corrected chi connectivity index (χ3v) is 6.80. The predicted octanol–water partition coefficient (Wildman–Crippen LogP) is 5.32. The van der Waals surface area contributed by atoms with Crippen molar-refractivity contribution >= 4 is 17.1 Å². The van der Waals surface area contributed by atoms with Gasteiger partial charge in [0, 0.05) is 17.4 Å². The van der Waals surface area contributed by atoms with Gasteiger partial charge in [-0.05, 0) is 72.1 Å². The average molecular weight is 288 g/mol. The number of rotatable bonds is 3. The van der Waals surface area contributed by atoms with E-state index >= 15 is 0 Å². The number of thiophene rings is 1. The zero-order valence-electron chi connectivity index (χ0n) is 12.6. The van der Waals surface area contributed by atoms with Crippen molar-refractivity contribution in [2.75, 3.05) is 0 Å². The van der Waals surface area contributed by atoms with Crippen LogP contribution in [-0.4, -0.2) is 5.78 Å². The molecule has 1 aromatic heterocycles. The Balaban J connectivity index is 1.63. The number of hydrogen-bond acceptors (Lipinski definition) is 2. The van der Waals surface area contributed by atoms with E-state index in [1.165, 1.54) is 38.5 Å². The van der Waals surface area contributed by atoms with Crippen molar-refractivity contribution in [1.29, 1.82) is 0 Å². The van der Waals surface area contributed by atoms with Crippen molar-refractivity contribution in [3.8, 4) is 0 Å². The second-order valence-electron chi connectivity index (χ2n) is 8.74. The lowest BCUT2D eigenvalue weighted by molar-refractivity contribution is -0.143. The van der Waals surface area contributed by atoms with Crippen LogP contribution >= 0.6 is 11.3 Å². The molecule has 0 aromatic carbocycles. The van der Waals surface area contributed by atoms with Gasteiger partial charge in [0.2, 0.25) is 0 Å². The Morgan fingerprint density at radius 2 is 1.90 bits per heavy atom. The highest BCUT2D eigenvalue weighted by Gasteiger charge is 2.60. The van der Waals surface area contributed by atoms with Crippen LogP contribution in [-0.2, 0) is 0 Å². The van der Waals surface area contributed by atoms with E-state index in [1.54, 1.807) is 11.3 Å². The monoisotopic (exact) mass is 288 g/mol. The number of carbonyl (C=O) groups excluding carboxylic acids is 1. The van der Waals surface area contributed by atoms with Gasteiger partial charge >= 0.3 is 0 Å². The molecule has 4 fully saturated rings. The normalized spacial score (nSPS) is 45.8. The molecule has 2 heteroatoms. The molecule has 1 aromatic rings. The van der Waals surface area contributed by atoms with Gasteiger partial charge in [-0.25, -0.2) is 0 Å². The standard InChI is InChI=1S/C18H24OS/c1-16-5-13-6-17(2,10-16)12-18(7-13,11-16)8-15(19)14-3-4-20-9-14/h3-4,9,13H,5-8,10-12H2,1-2H3. The molecule has 4 aliphatic rings. The minimum Gasteiger partial charge on any atom is -0.294 e. The van der Waals surface area contributed by atoms with Crippen LogP contribution in [0, 0.1) is 22.2 Å². The molecule has 0 aliphatic heterocycles. The Bertz CT molecular complexity index is 526. The highest BCUT2D eigenvalue weighted by molar-refractivity contribution is 7.08. The molecular weight excluding hydrogens is 264 g/mol. The van der Waals surface area contributed by atoms with E-state index in [4.69, 9.17) is 0 Å². The van der Waals surface area contributed by atoms with E-state index < -0.39 is 0 Å². The zero-order valence-corrected chi connectivity index (χ0v) is 13.4. The summed E-state index contributed by atoms with van der Waals surface area (Å²) < 4.78 is 0. The fourth-order valence-corrected chi connectivity index (χ4v) is 7.41. The summed E-state index contributed by atoms with van der Waals surface area (Å²) in [7, 11) is 0. The second kappa shape index (κ2) is 3.97. The maximum absolute atomic E-state index is 12.6. The van der Waals surface area contributed by atoms with E-state index in [9.17, 15) is 4.79 Å². The number of hydrogen-bond donors (Lipinski definition) is 0. The van der Waals surface area contributed by atoms with E-state index in [0.717, 1.165) is 17.9 Å². The topological polar surface area (TPSA) is 17.1 Å². The van der Waals surface area contributed by atoms with Gasteiger partial charge in [0.15, 0.2) is 5.78 Å². The van der Waals surface area contributed by atoms with Crippen LogP contribution in [0.15, 0.2) is 16.8 Å². The first-order valence-corrected chi connectivity index (χ1v) is 8.89. The van der Waals surface area contributed by atoms with Crippen molar-refractivity contribution in [2.45, 2.75) is 58.8 Å². The number of ketones is 1. The first-order valence-electron chi connectivity index (χ1n) is 7.95. The third kappa shape index (κ3) is 1.99. The Morgan fingerprint density at radius 1 is 1.20 bits per heavy atom. The van der Waals surface area contributed by atoms with Crippen LogP contribution in [0.3, 0.4) is 0 Å². The lowest BCUT2D eigenvalue weighted by Crippen LogP contribution is -2.55. The molecule has 0 amide bonds. The maximum atomic E-state index is 12.6. The van der Waals surface area contributed by atoms with E-state index in [0.29, 0.717) is 22.0 Å². The largest absolute Gasteiger partial charge is 0.294 e. The number of Topliss-reactive ketones (excluding diaryl/α,β-unsaturated/α-hetero) is 1. The van der Waals surface area contributed by atoms with Crippen molar-refractivity contribution in [1.82, 2.24) is 0 Å². The van der Waals surface area contributed by atoms with E-state index in [-0.39, 0.29) is 0 Å². The fraction of sp³-hybridized carbons (Fsp3) is 0.722. The Morgan fingerprint density at radius 3 is 2.45 bits per heavy atom. The lowest BCUT2D eigenvalue weighted by Gasteiger charge is -2.65. The molecule has 4 bridgehead atoms. The maximum Gasteiger partial charge on any atom is 0.164 e. The number of carbonyl (C=O) groups is 1. The highest BCUT2D eigenvalue weighted by Crippen LogP contribution is 2.70. The summed E-state index contributed by atoms with van der Waals surface area (Å²) in [5.41, 5.74) is 2.30. The van der Waals surface area contributed by atoms with Crippen molar-refractivity contribution in [2.24, 2.45) is 22.2 Å². The summed E-state index contributed by atoms with van der Waals surface area (Å²) >= 11 is 1.64. The molecule has 2 unspecified atom stereocenters. The molecule has 20 heavy (non-hydrogen) atoms. The van der Waals surface area contributed by atoms with Crippen molar-refractivity contribution < 1.29 is 4.79 Å².